The fourth-order valence-corrected chi connectivity index (χ4v) is 4.29. The highest BCUT2D eigenvalue weighted by Gasteiger charge is 2.17. The van der Waals surface area contributed by atoms with E-state index in [2.05, 4.69) is 74.2 Å². The van der Waals surface area contributed by atoms with Crippen molar-refractivity contribution in [3.63, 3.8) is 0 Å². The molecular formula is C29H38O. The van der Waals surface area contributed by atoms with Gasteiger partial charge in [0.25, 0.3) is 0 Å². The van der Waals surface area contributed by atoms with Crippen molar-refractivity contribution >= 4 is 0 Å². The molecule has 0 aliphatic heterocycles. The molecule has 2 aromatic rings. The minimum absolute atomic E-state index is 0.590. The van der Waals surface area contributed by atoms with Gasteiger partial charge in [-0.1, -0.05) is 82.1 Å². The second kappa shape index (κ2) is 12.5. The molecule has 0 aromatic heterocycles. The molecular weight excluding hydrogens is 364 g/mol. The zero-order valence-corrected chi connectivity index (χ0v) is 19.0. The summed E-state index contributed by atoms with van der Waals surface area (Å²) in [4.78, 5) is 0. The molecule has 1 heteroatoms. The van der Waals surface area contributed by atoms with Crippen LogP contribution in [0.5, 0.6) is 5.75 Å². The molecule has 1 nitrogen and oxygen atoms in total. The first kappa shape index (κ1) is 22.5. The summed E-state index contributed by atoms with van der Waals surface area (Å²) < 4.78 is 5.88. The maximum absolute atomic E-state index is 5.88. The molecule has 0 bridgehead atoms. The zero-order valence-electron chi connectivity index (χ0n) is 19.0. The third kappa shape index (κ3) is 7.24. The van der Waals surface area contributed by atoms with Crippen LogP contribution in [-0.2, 0) is 0 Å². The molecule has 0 spiro atoms. The van der Waals surface area contributed by atoms with Gasteiger partial charge in [-0.3, -0.25) is 0 Å². The Labute approximate surface area is 184 Å². The first-order valence-corrected chi connectivity index (χ1v) is 12.1. The number of hydrogen-bond acceptors (Lipinski definition) is 1. The third-order valence-electron chi connectivity index (χ3n) is 6.43. The lowest BCUT2D eigenvalue weighted by molar-refractivity contribution is 0.304. The number of benzene rings is 2. The van der Waals surface area contributed by atoms with Gasteiger partial charge < -0.3 is 4.74 Å². The van der Waals surface area contributed by atoms with Gasteiger partial charge >= 0.3 is 0 Å². The van der Waals surface area contributed by atoms with Gasteiger partial charge in [0.05, 0.1) is 6.61 Å². The molecule has 0 radical (unpaired) electrons. The van der Waals surface area contributed by atoms with E-state index in [4.69, 9.17) is 4.74 Å². The predicted molar refractivity (Wildman–Crippen MR) is 129 cm³/mol. The van der Waals surface area contributed by atoms with Crippen molar-refractivity contribution in [2.75, 3.05) is 6.61 Å². The van der Waals surface area contributed by atoms with Crippen molar-refractivity contribution in [2.45, 2.75) is 78.1 Å². The summed E-state index contributed by atoms with van der Waals surface area (Å²) in [6.45, 7) is 5.38. The van der Waals surface area contributed by atoms with Crippen molar-refractivity contribution in [3.8, 4) is 28.7 Å². The standard InChI is InChI=1S/C29H38O/c1-3-5-6-7-8-23-30-29-21-19-28(20-22-29)27-17-15-26(16-18-27)14-13-25-11-9-24(4-2)10-12-25/h15-22,24-25H,3-12,23H2,1-2H3/t24-,25-. The van der Waals surface area contributed by atoms with E-state index in [1.54, 1.807) is 0 Å². The molecule has 0 unspecified atom stereocenters. The van der Waals surface area contributed by atoms with E-state index in [0.29, 0.717) is 5.92 Å². The maximum Gasteiger partial charge on any atom is 0.119 e. The molecule has 30 heavy (non-hydrogen) atoms. The normalized spacial score (nSPS) is 18.5. The van der Waals surface area contributed by atoms with Crippen molar-refractivity contribution in [2.24, 2.45) is 11.8 Å². The van der Waals surface area contributed by atoms with Gasteiger partial charge in [-0.15, -0.1) is 0 Å². The average molecular weight is 403 g/mol. The van der Waals surface area contributed by atoms with Crippen molar-refractivity contribution < 1.29 is 4.74 Å². The predicted octanol–water partition coefficient (Wildman–Crippen LogP) is 8.27. The number of rotatable bonds is 9. The third-order valence-corrected chi connectivity index (χ3v) is 6.43. The number of ether oxygens (including phenoxy) is 1. The van der Waals surface area contributed by atoms with Crippen LogP contribution in [0.3, 0.4) is 0 Å². The zero-order chi connectivity index (χ0) is 21.0. The number of unbranched alkanes of at least 4 members (excludes halogenated alkanes) is 4. The Kier molecular flexibility index (Phi) is 9.36. The van der Waals surface area contributed by atoms with Crippen LogP contribution in [0.1, 0.15) is 83.6 Å². The summed E-state index contributed by atoms with van der Waals surface area (Å²) in [6.07, 6.45) is 12.9. The Balaban J connectivity index is 1.47. The first-order valence-electron chi connectivity index (χ1n) is 12.1. The van der Waals surface area contributed by atoms with Crippen molar-refractivity contribution in [1.82, 2.24) is 0 Å². The quantitative estimate of drug-likeness (QED) is 0.303. The fourth-order valence-electron chi connectivity index (χ4n) is 4.29. The van der Waals surface area contributed by atoms with Gasteiger partial charge in [-0.2, -0.15) is 0 Å². The van der Waals surface area contributed by atoms with Crippen LogP contribution in [0.2, 0.25) is 0 Å². The highest BCUT2D eigenvalue weighted by molar-refractivity contribution is 5.65. The molecule has 0 atom stereocenters. The van der Waals surface area contributed by atoms with Crippen LogP contribution in [0, 0.1) is 23.7 Å². The lowest BCUT2D eigenvalue weighted by Crippen LogP contribution is -2.12. The molecule has 0 N–H and O–H groups in total. The molecule has 1 aliphatic rings. The second-order valence-corrected chi connectivity index (χ2v) is 8.76. The van der Waals surface area contributed by atoms with E-state index in [0.717, 1.165) is 30.3 Å². The van der Waals surface area contributed by atoms with E-state index < -0.39 is 0 Å². The number of hydrogen-bond donors (Lipinski definition) is 0. The molecule has 0 heterocycles. The van der Waals surface area contributed by atoms with Gasteiger partial charge in [0.2, 0.25) is 0 Å². The van der Waals surface area contributed by atoms with E-state index in [1.165, 1.54) is 68.9 Å². The molecule has 0 amide bonds. The van der Waals surface area contributed by atoms with E-state index in [-0.39, 0.29) is 0 Å². The van der Waals surface area contributed by atoms with Crippen molar-refractivity contribution in [3.05, 3.63) is 54.1 Å². The molecule has 0 saturated heterocycles. The Morgan fingerprint density at radius 1 is 0.767 bits per heavy atom. The molecule has 1 saturated carbocycles. The fraction of sp³-hybridized carbons (Fsp3) is 0.517. The van der Waals surface area contributed by atoms with Crippen LogP contribution in [0.4, 0.5) is 0 Å². The highest BCUT2D eigenvalue weighted by atomic mass is 16.5. The smallest absolute Gasteiger partial charge is 0.119 e. The maximum atomic E-state index is 5.88. The molecule has 3 rings (SSSR count). The van der Waals surface area contributed by atoms with Gasteiger partial charge in [0.1, 0.15) is 5.75 Å². The monoisotopic (exact) mass is 402 g/mol. The highest BCUT2D eigenvalue weighted by Crippen LogP contribution is 2.30. The minimum Gasteiger partial charge on any atom is -0.494 e. The Hall–Kier alpha value is -2.20. The van der Waals surface area contributed by atoms with Crippen LogP contribution in [0.25, 0.3) is 11.1 Å². The van der Waals surface area contributed by atoms with Crippen molar-refractivity contribution in [1.29, 1.82) is 0 Å². The summed E-state index contributed by atoms with van der Waals surface area (Å²) in [5.74, 6) is 9.42. The topological polar surface area (TPSA) is 9.23 Å². The van der Waals surface area contributed by atoms with Crippen LogP contribution < -0.4 is 4.74 Å². The first-order chi connectivity index (χ1) is 14.8. The summed E-state index contributed by atoms with van der Waals surface area (Å²) in [7, 11) is 0. The Bertz CT molecular complexity index is 783. The average Bonchev–Trinajstić information content (AvgIpc) is 2.81. The molecule has 160 valence electrons. The van der Waals surface area contributed by atoms with E-state index in [9.17, 15) is 0 Å². The van der Waals surface area contributed by atoms with Gasteiger partial charge in [-0.25, -0.2) is 0 Å². The Morgan fingerprint density at radius 2 is 1.40 bits per heavy atom. The largest absolute Gasteiger partial charge is 0.494 e. The van der Waals surface area contributed by atoms with E-state index >= 15 is 0 Å². The second-order valence-electron chi connectivity index (χ2n) is 8.76. The summed E-state index contributed by atoms with van der Waals surface area (Å²) in [5, 5.41) is 0. The van der Waals surface area contributed by atoms with Gasteiger partial charge in [0.15, 0.2) is 0 Å². The van der Waals surface area contributed by atoms with Crippen LogP contribution >= 0.6 is 0 Å². The molecule has 1 aliphatic carbocycles. The SMILES string of the molecule is CCCCCCCOc1ccc(-c2ccc(C#C[C@H]3CC[C@H](CC)CC3)cc2)cc1. The van der Waals surface area contributed by atoms with Crippen LogP contribution in [-0.4, -0.2) is 6.61 Å². The minimum atomic E-state index is 0.590. The van der Waals surface area contributed by atoms with Gasteiger partial charge in [0, 0.05) is 11.5 Å². The Morgan fingerprint density at radius 3 is 2.03 bits per heavy atom. The summed E-state index contributed by atoms with van der Waals surface area (Å²) in [5.41, 5.74) is 3.58. The lowest BCUT2D eigenvalue weighted by atomic mass is 9.81. The molecule has 2 aromatic carbocycles. The lowest BCUT2D eigenvalue weighted by Gasteiger charge is -2.24. The van der Waals surface area contributed by atoms with Crippen LogP contribution in [0.15, 0.2) is 48.5 Å². The van der Waals surface area contributed by atoms with Gasteiger partial charge in [-0.05, 0) is 73.4 Å². The summed E-state index contributed by atoms with van der Waals surface area (Å²) >= 11 is 0. The summed E-state index contributed by atoms with van der Waals surface area (Å²) in [6, 6.07) is 17.1. The van der Waals surface area contributed by atoms with E-state index in [1.807, 2.05) is 0 Å². The molecule has 1 fully saturated rings.